The molecule has 2 aromatic carbocycles. The van der Waals surface area contributed by atoms with Gasteiger partial charge in [0.2, 0.25) is 0 Å². The number of aromatic carboxylic acids is 1. The van der Waals surface area contributed by atoms with Crippen molar-refractivity contribution in [1.82, 2.24) is 0 Å². The average molecular weight is 228 g/mol. The van der Waals surface area contributed by atoms with Crippen molar-refractivity contribution in [1.29, 1.82) is 0 Å². The van der Waals surface area contributed by atoms with Crippen LogP contribution in [0.5, 0.6) is 5.75 Å². The zero-order valence-electron chi connectivity index (χ0n) is 9.13. The van der Waals surface area contributed by atoms with E-state index in [2.05, 4.69) is 0 Å². The number of carboxylic acids is 1. The summed E-state index contributed by atoms with van der Waals surface area (Å²) < 4.78 is 0. The van der Waals surface area contributed by atoms with Gasteiger partial charge in [-0.1, -0.05) is 24.3 Å². The molecule has 0 unspecified atom stereocenters. The highest BCUT2D eigenvalue weighted by Gasteiger charge is 2.04. The lowest BCUT2D eigenvalue weighted by Gasteiger charge is -2.03. The number of rotatable bonds is 3. The van der Waals surface area contributed by atoms with E-state index in [4.69, 9.17) is 5.11 Å². The second-order valence-corrected chi connectivity index (χ2v) is 3.85. The number of phenolic OH excluding ortho intramolecular Hbond substituents is 1. The van der Waals surface area contributed by atoms with Crippen molar-refractivity contribution >= 4 is 5.97 Å². The van der Waals surface area contributed by atoms with Crippen LogP contribution in [0.1, 0.15) is 21.5 Å². The molecule has 0 spiro atoms. The Balaban J connectivity index is 2.24. The summed E-state index contributed by atoms with van der Waals surface area (Å²) in [5.41, 5.74) is 2.14. The molecule has 0 saturated carbocycles. The minimum Gasteiger partial charge on any atom is -0.508 e. The largest absolute Gasteiger partial charge is 0.508 e. The Hall–Kier alpha value is -2.29. The van der Waals surface area contributed by atoms with E-state index in [1.54, 1.807) is 36.4 Å². The first-order valence-electron chi connectivity index (χ1n) is 5.25. The average Bonchev–Trinajstić information content (AvgIpc) is 2.29. The molecule has 0 amide bonds. The topological polar surface area (TPSA) is 57.5 Å². The molecule has 0 radical (unpaired) electrons. The lowest BCUT2D eigenvalue weighted by atomic mass is 10.0. The monoisotopic (exact) mass is 228 g/mol. The summed E-state index contributed by atoms with van der Waals surface area (Å²) in [6, 6.07) is 13.8. The van der Waals surface area contributed by atoms with Crippen molar-refractivity contribution in [3.05, 3.63) is 65.2 Å². The summed E-state index contributed by atoms with van der Waals surface area (Å²) in [4.78, 5) is 10.8. The number of carboxylic acid groups (broad SMARTS) is 1. The number of benzene rings is 2. The van der Waals surface area contributed by atoms with E-state index < -0.39 is 5.97 Å². The molecule has 0 aromatic heterocycles. The van der Waals surface area contributed by atoms with E-state index in [1.165, 1.54) is 0 Å². The fraction of sp³-hybridized carbons (Fsp3) is 0.0714. The van der Waals surface area contributed by atoms with Gasteiger partial charge in [0.15, 0.2) is 0 Å². The van der Waals surface area contributed by atoms with Crippen LogP contribution in [0, 0.1) is 0 Å². The van der Waals surface area contributed by atoms with Crippen molar-refractivity contribution in [2.75, 3.05) is 0 Å². The maximum Gasteiger partial charge on any atom is 0.335 e. The van der Waals surface area contributed by atoms with Crippen molar-refractivity contribution in [3.8, 4) is 5.75 Å². The van der Waals surface area contributed by atoms with Gasteiger partial charge in [-0.05, 0) is 41.8 Å². The van der Waals surface area contributed by atoms with E-state index in [-0.39, 0.29) is 11.3 Å². The molecule has 0 atom stereocenters. The van der Waals surface area contributed by atoms with Crippen LogP contribution in [-0.4, -0.2) is 16.2 Å². The van der Waals surface area contributed by atoms with E-state index in [0.29, 0.717) is 6.42 Å². The third-order valence-electron chi connectivity index (χ3n) is 2.49. The van der Waals surface area contributed by atoms with Crippen LogP contribution >= 0.6 is 0 Å². The van der Waals surface area contributed by atoms with Gasteiger partial charge in [0.25, 0.3) is 0 Å². The molecule has 0 aliphatic rings. The summed E-state index contributed by atoms with van der Waals surface area (Å²) >= 11 is 0. The van der Waals surface area contributed by atoms with E-state index in [0.717, 1.165) is 11.1 Å². The molecule has 0 bridgehead atoms. The number of hydrogen-bond acceptors (Lipinski definition) is 2. The summed E-state index contributed by atoms with van der Waals surface area (Å²) in [5, 5.41) is 18.2. The maximum atomic E-state index is 10.8. The van der Waals surface area contributed by atoms with Gasteiger partial charge in [-0.25, -0.2) is 4.79 Å². The van der Waals surface area contributed by atoms with Crippen molar-refractivity contribution in [3.63, 3.8) is 0 Å². The smallest absolute Gasteiger partial charge is 0.335 e. The molecule has 2 rings (SSSR count). The summed E-state index contributed by atoms with van der Waals surface area (Å²) in [5.74, 6) is -0.709. The molecule has 86 valence electrons. The molecule has 0 saturated heterocycles. The minimum atomic E-state index is -0.928. The van der Waals surface area contributed by atoms with Gasteiger partial charge in [-0.15, -0.1) is 0 Å². The highest BCUT2D eigenvalue weighted by Crippen LogP contribution is 2.16. The maximum absolute atomic E-state index is 10.8. The van der Waals surface area contributed by atoms with Crippen LogP contribution in [0.15, 0.2) is 48.5 Å². The zero-order chi connectivity index (χ0) is 12.3. The number of carbonyl (C=O) groups is 1. The molecule has 0 aliphatic heterocycles. The number of phenols is 1. The Kier molecular flexibility index (Phi) is 3.10. The Morgan fingerprint density at radius 2 is 1.65 bits per heavy atom. The summed E-state index contributed by atoms with van der Waals surface area (Å²) in [6.45, 7) is 0. The van der Waals surface area contributed by atoms with E-state index >= 15 is 0 Å². The number of hydrogen-bond donors (Lipinski definition) is 2. The third kappa shape index (κ3) is 2.84. The van der Waals surface area contributed by atoms with Gasteiger partial charge >= 0.3 is 5.97 Å². The second kappa shape index (κ2) is 4.70. The van der Waals surface area contributed by atoms with Crippen molar-refractivity contribution in [2.24, 2.45) is 0 Å². The first-order valence-corrected chi connectivity index (χ1v) is 5.25. The van der Waals surface area contributed by atoms with Gasteiger partial charge < -0.3 is 10.2 Å². The molecular formula is C14H12O3. The summed E-state index contributed by atoms with van der Waals surface area (Å²) in [7, 11) is 0. The SMILES string of the molecule is O=C(O)c1cccc(Cc2cccc(O)c2)c1. The predicted octanol–water partition coefficient (Wildman–Crippen LogP) is 2.68. The Morgan fingerprint density at radius 3 is 2.29 bits per heavy atom. The molecule has 2 N–H and O–H groups in total. The Bertz CT molecular complexity index is 547. The lowest BCUT2D eigenvalue weighted by Crippen LogP contribution is -1.97. The highest BCUT2D eigenvalue weighted by molar-refractivity contribution is 5.87. The van der Waals surface area contributed by atoms with Crippen LogP contribution < -0.4 is 0 Å². The fourth-order valence-electron chi connectivity index (χ4n) is 1.72. The second-order valence-electron chi connectivity index (χ2n) is 3.85. The molecule has 17 heavy (non-hydrogen) atoms. The first-order chi connectivity index (χ1) is 8.15. The minimum absolute atomic E-state index is 0.219. The normalized spacial score (nSPS) is 10.1. The first kappa shape index (κ1) is 11.2. The quantitative estimate of drug-likeness (QED) is 0.849. The highest BCUT2D eigenvalue weighted by atomic mass is 16.4. The van der Waals surface area contributed by atoms with Gasteiger partial charge in [0.05, 0.1) is 5.56 Å². The van der Waals surface area contributed by atoms with Crippen LogP contribution in [0.4, 0.5) is 0 Å². The fourth-order valence-corrected chi connectivity index (χ4v) is 1.72. The lowest BCUT2D eigenvalue weighted by molar-refractivity contribution is 0.0697. The van der Waals surface area contributed by atoms with Crippen molar-refractivity contribution in [2.45, 2.75) is 6.42 Å². The molecule has 2 aromatic rings. The zero-order valence-corrected chi connectivity index (χ0v) is 9.13. The van der Waals surface area contributed by atoms with Crippen molar-refractivity contribution < 1.29 is 15.0 Å². The predicted molar refractivity (Wildman–Crippen MR) is 64.3 cm³/mol. The molecule has 0 fully saturated rings. The molecule has 0 heterocycles. The van der Waals surface area contributed by atoms with Crippen LogP contribution in [0.25, 0.3) is 0 Å². The van der Waals surface area contributed by atoms with Crippen LogP contribution in [0.2, 0.25) is 0 Å². The standard InChI is InChI=1S/C14H12O3/c15-13-6-2-4-11(9-13)7-10-3-1-5-12(8-10)14(16)17/h1-6,8-9,15H,7H2,(H,16,17). The summed E-state index contributed by atoms with van der Waals surface area (Å²) in [6.07, 6.45) is 0.607. The Labute approximate surface area is 99.0 Å². The number of aromatic hydroxyl groups is 1. The van der Waals surface area contributed by atoms with Gasteiger partial charge in [-0.3, -0.25) is 0 Å². The molecule has 3 heteroatoms. The molecule has 3 nitrogen and oxygen atoms in total. The van der Waals surface area contributed by atoms with Gasteiger partial charge in [0, 0.05) is 0 Å². The van der Waals surface area contributed by atoms with Gasteiger partial charge in [0.1, 0.15) is 5.75 Å². The Morgan fingerprint density at radius 1 is 1.00 bits per heavy atom. The van der Waals surface area contributed by atoms with E-state index in [9.17, 15) is 9.90 Å². The molecular weight excluding hydrogens is 216 g/mol. The molecule has 0 aliphatic carbocycles. The van der Waals surface area contributed by atoms with Crippen LogP contribution in [0.3, 0.4) is 0 Å². The van der Waals surface area contributed by atoms with Gasteiger partial charge in [-0.2, -0.15) is 0 Å². The third-order valence-corrected chi connectivity index (χ3v) is 2.49. The van der Waals surface area contributed by atoms with E-state index in [1.807, 2.05) is 12.1 Å². The van der Waals surface area contributed by atoms with Crippen LogP contribution in [-0.2, 0) is 6.42 Å².